The predicted molar refractivity (Wildman–Crippen MR) is 88.4 cm³/mol. The summed E-state index contributed by atoms with van der Waals surface area (Å²) in [6.07, 6.45) is 0. The van der Waals surface area contributed by atoms with Crippen molar-refractivity contribution in [2.24, 2.45) is 5.73 Å². The standard InChI is InChI=1S/C17H15F2N3O3/c1-9(23)10-3-2-4-11(5-10)22-16(24)8-21-15-6-12(17(20)25)13(18)7-14(15)19/h2-7,21H,8H2,1H3,(H2,20,25)(H,22,24). The third-order valence-electron chi connectivity index (χ3n) is 3.31. The first-order chi connectivity index (χ1) is 11.8. The number of Topliss-reactive ketones (excluding diaryl/α,β-unsaturated/α-hetero) is 1. The number of benzene rings is 2. The molecule has 0 saturated carbocycles. The zero-order chi connectivity index (χ0) is 18.6. The molecule has 2 rings (SSSR count). The number of amides is 2. The van der Waals surface area contributed by atoms with Crippen molar-refractivity contribution in [2.75, 3.05) is 17.2 Å². The first kappa shape index (κ1) is 18.1. The molecule has 2 aromatic carbocycles. The quantitative estimate of drug-likeness (QED) is 0.698. The Morgan fingerprint density at radius 3 is 2.44 bits per heavy atom. The van der Waals surface area contributed by atoms with Crippen LogP contribution in [-0.4, -0.2) is 24.1 Å². The number of primary amides is 1. The Morgan fingerprint density at radius 2 is 1.80 bits per heavy atom. The third-order valence-corrected chi connectivity index (χ3v) is 3.31. The molecule has 2 amide bonds. The average Bonchev–Trinajstić information content (AvgIpc) is 2.53. The Kier molecular flexibility index (Phi) is 5.43. The van der Waals surface area contributed by atoms with Crippen molar-refractivity contribution < 1.29 is 23.2 Å². The fourth-order valence-electron chi connectivity index (χ4n) is 2.07. The Morgan fingerprint density at radius 1 is 1.08 bits per heavy atom. The van der Waals surface area contributed by atoms with Gasteiger partial charge in [-0.3, -0.25) is 14.4 Å². The molecule has 130 valence electrons. The maximum atomic E-state index is 13.7. The average molecular weight is 347 g/mol. The Balaban J connectivity index is 2.05. The molecule has 0 bridgehead atoms. The minimum absolute atomic E-state index is 0.151. The summed E-state index contributed by atoms with van der Waals surface area (Å²) in [5.41, 5.74) is 5.11. The third kappa shape index (κ3) is 4.60. The molecule has 0 fully saturated rings. The van der Waals surface area contributed by atoms with Crippen LogP contribution in [0, 0.1) is 11.6 Å². The van der Waals surface area contributed by atoms with Gasteiger partial charge < -0.3 is 16.4 Å². The molecule has 0 atom stereocenters. The highest BCUT2D eigenvalue weighted by Gasteiger charge is 2.14. The second-order valence-electron chi connectivity index (χ2n) is 5.21. The summed E-state index contributed by atoms with van der Waals surface area (Å²) in [5, 5.41) is 5.00. The van der Waals surface area contributed by atoms with Crippen LogP contribution in [0.25, 0.3) is 0 Å². The molecular formula is C17H15F2N3O3. The smallest absolute Gasteiger partial charge is 0.251 e. The molecule has 4 N–H and O–H groups in total. The van der Waals surface area contributed by atoms with Gasteiger partial charge in [0, 0.05) is 17.3 Å². The van der Waals surface area contributed by atoms with Crippen molar-refractivity contribution in [3.63, 3.8) is 0 Å². The van der Waals surface area contributed by atoms with Crippen LogP contribution in [0.2, 0.25) is 0 Å². The van der Waals surface area contributed by atoms with Gasteiger partial charge in [0.15, 0.2) is 5.78 Å². The van der Waals surface area contributed by atoms with Crippen LogP contribution in [-0.2, 0) is 4.79 Å². The SMILES string of the molecule is CC(=O)c1cccc(NC(=O)CNc2cc(C(N)=O)c(F)cc2F)c1. The number of rotatable bonds is 6. The van der Waals surface area contributed by atoms with E-state index < -0.39 is 29.0 Å². The first-order valence-corrected chi connectivity index (χ1v) is 7.21. The maximum absolute atomic E-state index is 13.7. The summed E-state index contributed by atoms with van der Waals surface area (Å²) in [7, 11) is 0. The lowest BCUT2D eigenvalue weighted by Crippen LogP contribution is -2.23. The fourth-order valence-corrected chi connectivity index (χ4v) is 2.07. The molecule has 0 unspecified atom stereocenters. The Hall–Kier alpha value is -3.29. The van der Waals surface area contributed by atoms with E-state index in [1.54, 1.807) is 18.2 Å². The second kappa shape index (κ2) is 7.52. The second-order valence-corrected chi connectivity index (χ2v) is 5.21. The van der Waals surface area contributed by atoms with Crippen molar-refractivity contribution >= 4 is 29.0 Å². The monoisotopic (exact) mass is 347 g/mol. The zero-order valence-electron chi connectivity index (χ0n) is 13.2. The maximum Gasteiger partial charge on any atom is 0.251 e. The molecule has 0 aliphatic carbocycles. The number of carbonyl (C=O) groups is 3. The summed E-state index contributed by atoms with van der Waals surface area (Å²) in [6.45, 7) is 1.06. The largest absolute Gasteiger partial charge is 0.374 e. The molecule has 0 saturated heterocycles. The van der Waals surface area contributed by atoms with Crippen LogP contribution in [0.1, 0.15) is 27.6 Å². The van der Waals surface area contributed by atoms with E-state index in [1.807, 2.05) is 0 Å². The molecule has 2 aromatic rings. The lowest BCUT2D eigenvalue weighted by Gasteiger charge is -2.10. The lowest BCUT2D eigenvalue weighted by atomic mass is 10.1. The van der Waals surface area contributed by atoms with E-state index in [2.05, 4.69) is 10.6 Å². The van der Waals surface area contributed by atoms with E-state index in [-0.39, 0.29) is 18.0 Å². The first-order valence-electron chi connectivity index (χ1n) is 7.21. The number of ketones is 1. The molecule has 25 heavy (non-hydrogen) atoms. The summed E-state index contributed by atoms with van der Waals surface area (Å²) in [4.78, 5) is 34.3. The highest BCUT2D eigenvalue weighted by Crippen LogP contribution is 2.19. The van der Waals surface area contributed by atoms with Crippen LogP contribution < -0.4 is 16.4 Å². The number of hydrogen-bond acceptors (Lipinski definition) is 4. The van der Waals surface area contributed by atoms with Gasteiger partial charge in [-0.25, -0.2) is 8.78 Å². The molecule has 0 aliphatic heterocycles. The number of halogens is 2. The molecule has 0 aliphatic rings. The number of carbonyl (C=O) groups excluding carboxylic acids is 3. The zero-order valence-corrected chi connectivity index (χ0v) is 13.2. The minimum atomic E-state index is -1.08. The Labute approximate surface area is 142 Å². The van der Waals surface area contributed by atoms with Crippen molar-refractivity contribution in [3.8, 4) is 0 Å². The van der Waals surface area contributed by atoms with Crippen molar-refractivity contribution in [3.05, 3.63) is 59.2 Å². The van der Waals surface area contributed by atoms with Crippen LogP contribution in [0.4, 0.5) is 20.2 Å². The highest BCUT2D eigenvalue weighted by molar-refractivity contribution is 5.98. The summed E-state index contributed by atoms with van der Waals surface area (Å²) >= 11 is 0. The van der Waals surface area contributed by atoms with Crippen LogP contribution in [0.5, 0.6) is 0 Å². The topological polar surface area (TPSA) is 101 Å². The highest BCUT2D eigenvalue weighted by atomic mass is 19.1. The van der Waals surface area contributed by atoms with Crippen molar-refractivity contribution in [2.45, 2.75) is 6.92 Å². The van der Waals surface area contributed by atoms with Gasteiger partial charge in [0.2, 0.25) is 5.91 Å². The molecule has 8 heteroatoms. The predicted octanol–water partition coefficient (Wildman–Crippen LogP) is 2.32. The summed E-state index contributed by atoms with van der Waals surface area (Å²) in [5.74, 6) is -3.77. The van der Waals surface area contributed by atoms with Gasteiger partial charge in [0.05, 0.1) is 17.8 Å². The molecule has 6 nitrogen and oxygen atoms in total. The van der Waals surface area contributed by atoms with Crippen LogP contribution in [0.15, 0.2) is 36.4 Å². The van der Waals surface area contributed by atoms with Gasteiger partial charge in [-0.05, 0) is 25.1 Å². The van der Waals surface area contributed by atoms with Gasteiger partial charge >= 0.3 is 0 Å². The fraction of sp³-hybridized carbons (Fsp3) is 0.118. The summed E-state index contributed by atoms with van der Waals surface area (Å²) < 4.78 is 27.1. The number of nitrogens with one attached hydrogen (secondary N) is 2. The van der Waals surface area contributed by atoms with E-state index in [4.69, 9.17) is 5.73 Å². The van der Waals surface area contributed by atoms with E-state index in [0.717, 1.165) is 6.07 Å². The van der Waals surface area contributed by atoms with E-state index in [1.165, 1.54) is 13.0 Å². The van der Waals surface area contributed by atoms with Gasteiger partial charge in [-0.15, -0.1) is 0 Å². The van der Waals surface area contributed by atoms with E-state index in [0.29, 0.717) is 17.3 Å². The van der Waals surface area contributed by atoms with Crippen LogP contribution >= 0.6 is 0 Å². The molecular weight excluding hydrogens is 332 g/mol. The van der Waals surface area contributed by atoms with Crippen molar-refractivity contribution in [1.29, 1.82) is 0 Å². The lowest BCUT2D eigenvalue weighted by molar-refractivity contribution is -0.114. The Bertz CT molecular complexity index is 853. The molecule has 0 spiro atoms. The van der Waals surface area contributed by atoms with Gasteiger partial charge in [-0.1, -0.05) is 12.1 Å². The van der Waals surface area contributed by atoms with Crippen molar-refractivity contribution in [1.82, 2.24) is 0 Å². The van der Waals surface area contributed by atoms with Gasteiger partial charge in [0.25, 0.3) is 5.91 Å². The molecule has 0 radical (unpaired) electrons. The molecule has 0 heterocycles. The normalized spacial score (nSPS) is 10.2. The number of nitrogens with two attached hydrogens (primary N) is 1. The summed E-state index contributed by atoms with van der Waals surface area (Å²) in [6, 6.07) is 7.72. The van der Waals surface area contributed by atoms with Gasteiger partial charge in [-0.2, -0.15) is 0 Å². The molecule has 0 aromatic heterocycles. The minimum Gasteiger partial charge on any atom is -0.374 e. The number of hydrogen-bond donors (Lipinski definition) is 3. The van der Waals surface area contributed by atoms with Gasteiger partial charge in [0.1, 0.15) is 11.6 Å². The number of anilines is 2. The van der Waals surface area contributed by atoms with E-state index in [9.17, 15) is 23.2 Å². The van der Waals surface area contributed by atoms with Crippen LogP contribution in [0.3, 0.4) is 0 Å². The van der Waals surface area contributed by atoms with E-state index >= 15 is 0 Å².